The minimum Gasteiger partial charge on any atom is -0.493 e. The van der Waals surface area contributed by atoms with E-state index >= 15 is 4.39 Å². The van der Waals surface area contributed by atoms with Crippen molar-refractivity contribution in [1.29, 1.82) is 0 Å². The van der Waals surface area contributed by atoms with Crippen LogP contribution in [0.3, 0.4) is 0 Å². The smallest absolute Gasteiger partial charge is 0.273 e. The van der Waals surface area contributed by atoms with Crippen LogP contribution in [0.25, 0.3) is 11.0 Å². The summed E-state index contributed by atoms with van der Waals surface area (Å²) in [7, 11) is 4.47. The zero-order chi connectivity index (χ0) is 24.3. The van der Waals surface area contributed by atoms with E-state index in [1.165, 1.54) is 25.9 Å². The molecule has 0 fully saturated rings. The van der Waals surface area contributed by atoms with Crippen LogP contribution >= 0.6 is 0 Å². The highest BCUT2D eigenvalue weighted by Crippen LogP contribution is 2.38. The molecule has 7 nitrogen and oxygen atoms in total. The second-order valence-electron chi connectivity index (χ2n) is 8.03. The Morgan fingerprint density at radius 3 is 2.21 bits per heavy atom. The standard InChI is InChI=1S/C24H29F2N3O4/c1-7-27-21-15(25)11-17-22(20(21)26)28-16(8-13(2)3)24(30)29(17)12-14-9-18(31-4)23(33-6)19(10-14)32-5/h9-11,13,27H,7-8,12H2,1-6H3. The lowest BCUT2D eigenvalue weighted by molar-refractivity contribution is 0.323. The van der Waals surface area contributed by atoms with E-state index in [2.05, 4.69) is 10.3 Å². The molecule has 1 aromatic heterocycles. The lowest BCUT2D eigenvalue weighted by atomic mass is 10.1. The monoisotopic (exact) mass is 461 g/mol. The first-order valence-corrected chi connectivity index (χ1v) is 10.7. The van der Waals surface area contributed by atoms with Crippen LogP contribution in [-0.2, 0) is 13.0 Å². The lowest BCUT2D eigenvalue weighted by Gasteiger charge is -2.18. The summed E-state index contributed by atoms with van der Waals surface area (Å²) < 4.78 is 47.5. The molecule has 3 rings (SSSR count). The van der Waals surface area contributed by atoms with Crippen molar-refractivity contribution in [1.82, 2.24) is 9.55 Å². The van der Waals surface area contributed by atoms with E-state index in [-0.39, 0.29) is 34.9 Å². The van der Waals surface area contributed by atoms with Gasteiger partial charge in [0.25, 0.3) is 5.56 Å². The first kappa shape index (κ1) is 24.3. The number of fused-ring (bicyclic) bond motifs is 1. The molecule has 0 saturated carbocycles. The predicted molar refractivity (Wildman–Crippen MR) is 124 cm³/mol. The number of rotatable bonds is 9. The molecule has 0 atom stereocenters. The Balaban J connectivity index is 2.29. The van der Waals surface area contributed by atoms with Gasteiger partial charge in [0.05, 0.1) is 33.4 Å². The van der Waals surface area contributed by atoms with Crippen molar-refractivity contribution in [2.24, 2.45) is 5.92 Å². The van der Waals surface area contributed by atoms with Crippen LogP contribution in [0.2, 0.25) is 0 Å². The molecule has 0 aliphatic heterocycles. The second-order valence-corrected chi connectivity index (χ2v) is 8.03. The third-order valence-electron chi connectivity index (χ3n) is 5.22. The first-order chi connectivity index (χ1) is 15.7. The third kappa shape index (κ3) is 4.72. The van der Waals surface area contributed by atoms with Gasteiger partial charge in [-0.15, -0.1) is 0 Å². The van der Waals surface area contributed by atoms with Crippen LogP contribution in [0.1, 0.15) is 32.0 Å². The molecule has 0 spiro atoms. The number of hydrogen-bond acceptors (Lipinski definition) is 6. The zero-order valence-corrected chi connectivity index (χ0v) is 19.7. The van der Waals surface area contributed by atoms with Crippen molar-refractivity contribution in [3.63, 3.8) is 0 Å². The summed E-state index contributed by atoms with van der Waals surface area (Å²) in [5.41, 5.74) is 0.197. The molecular formula is C24H29F2N3O4. The van der Waals surface area contributed by atoms with Crippen LogP contribution < -0.4 is 25.1 Å². The summed E-state index contributed by atoms with van der Waals surface area (Å²) in [5, 5.41) is 2.70. The largest absolute Gasteiger partial charge is 0.493 e. The Kier molecular flexibility index (Phi) is 7.40. The third-order valence-corrected chi connectivity index (χ3v) is 5.22. The Hall–Kier alpha value is -3.36. The summed E-state index contributed by atoms with van der Waals surface area (Å²) in [6, 6.07) is 4.53. The fraction of sp³-hybridized carbons (Fsp3) is 0.417. The summed E-state index contributed by atoms with van der Waals surface area (Å²) in [6.45, 7) is 5.99. The number of halogens is 2. The van der Waals surface area contributed by atoms with E-state index in [9.17, 15) is 9.18 Å². The quantitative estimate of drug-likeness (QED) is 0.510. The average Bonchev–Trinajstić information content (AvgIpc) is 2.79. The van der Waals surface area contributed by atoms with Gasteiger partial charge in [0.2, 0.25) is 5.75 Å². The topological polar surface area (TPSA) is 74.6 Å². The molecule has 3 aromatic rings. The zero-order valence-electron chi connectivity index (χ0n) is 19.7. The molecule has 1 N–H and O–H groups in total. The van der Waals surface area contributed by atoms with Gasteiger partial charge in [-0.25, -0.2) is 13.8 Å². The molecule has 0 aliphatic carbocycles. The van der Waals surface area contributed by atoms with Gasteiger partial charge in [-0.05, 0) is 37.0 Å². The highest BCUT2D eigenvalue weighted by molar-refractivity contribution is 5.81. The summed E-state index contributed by atoms with van der Waals surface area (Å²) in [5.74, 6) is -0.272. The van der Waals surface area contributed by atoms with E-state index in [1.807, 2.05) is 13.8 Å². The molecule has 2 aromatic carbocycles. The van der Waals surface area contributed by atoms with Gasteiger partial charge in [-0.2, -0.15) is 0 Å². The Morgan fingerprint density at radius 1 is 1.06 bits per heavy atom. The molecule has 178 valence electrons. The van der Waals surface area contributed by atoms with Crippen LogP contribution in [0.15, 0.2) is 23.0 Å². The van der Waals surface area contributed by atoms with Crippen molar-refractivity contribution in [2.75, 3.05) is 33.2 Å². The van der Waals surface area contributed by atoms with Gasteiger partial charge in [-0.1, -0.05) is 13.8 Å². The minimum absolute atomic E-state index is 0.0269. The Bertz CT molecular complexity index is 1200. The van der Waals surface area contributed by atoms with E-state index in [1.54, 1.807) is 19.1 Å². The van der Waals surface area contributed by atoms with Crippen molar-refractivity contribution in [3.05, 3.63) is 51.4 Å². The van der Waals surface area contributed by atoms with Crippen LogP contribution in [0.4, 0.5) is 14.5 Å². The maximum absolute atomic E-state index is 15.3. The Labute approximate surface area is 191 Å². The number of anilines is 1. The maximum Gasteiger partial charge on any atom is 0.273 e. The molecule has 0 bridgehead atoms. The van der Waals surface area contributed by atoms with Crippen molar-refractivity contribution < 1.29 is 23.0 Å². The average molecular weight is 462 g/mol. The number of benzene rings is 2. The molecule has 0 radical (unpaired) electrons. The molecule has 0 aliphatic rings. The molecule has 0 unspecified atom stereocenters. The summed E-state index contributed by atoms with van der Waals surface area (Å²) >= 11 is 0. The van der Waals surface area contributed by atoms with Crippen LogP contribution in [0.5, 0.6) is 17.2 Å². The lowest BCUT2D eigenvalue weighted by Crippen LogP contribution is -2.28. The SMILES string of the molecule is CCNc1c(F)cc2c(nc(CC(C)C)c(=O)n2Cc2cc(OC)c(OC)c(OC)c2)c1F. The van der Waals surface area contributed by atoms with Crippen molar-refractivity contribution >= 4 is 16.7 Å². The second kappa shape index (κ2) is 10.1. The van der Waals surface area contributed by atoms with Crippen LogP contribution in [-0.4, -0.2) is 37.4 Å². The molecule has 9 heteroatoms. The number of nitrogens with one attached hydrogen (secondary N) is 1. The van der Waals surface area contributed by atoms with Gasteiger partial charge < -0.3 is 24.1 Å². The maximum atomic E-state index is 15.3. The van der Waals surface area contributed by atoms with Gasteiger partial charge in [0.1, 0.15) is 16.9 Å². The number of aromatic nitrogens is 2. The Morgan fingerprint density at radius 2 is 1.70 bits per heavy atom. The summed E-state index contributed by atoms with van der Waals surface area (Å²) in [4.78, 5) is 17.7. The van der Waals surface area contributed by atoms with Gasteiger partial charge in [-0.3, -0.25) is 4.79 Å². The van der Waals surface area contributed by atoms with Crippen molar-refractivity contribution in [2.45, 2.75) is 33.7 Å². The number of hydrogen-bond donors (Lipinski definition) is 1. The highest BCUT2D eigenvalue weighted by Gasteiger charge is 2.21. The highest BCUT2D eigenvalue weighted by atomic mass is 19.1. The van der Waals surface area contributed by atoms with Crippen molar-refractivity contribution in [3.8, 4) is 17.2 Å². The first-order valence-electron chi connectivity index (χ1n) is 10.7. The van der Waals surface area contributed by atoms with Gasteiger partial charge >= 0.3 is 0 Å². The van der Waals surface area contributed by atoms with E-state index in [0.29, 0.717) is 35.8 Å². The predicted octanol–water partition coefficient (Wildman–Crippen LogP) is 4.38. The molecular weight excluding hydrogens is 432 g/mol. The summed E-state index contributed by atoms with van der Waals surface area (Å²) in [6.07, 6.45) is 0.359. The minimum atomic E-state index is -0.824. The normalized spacial score (nSPS) is 11.2. The number of ether oxygens (including phenoxy) is 3. The number of nitrogens with zero attached hydrogens (tertiary/aromatic N) is 2. The van der Waals surface area contributed by atoms with Gasteiger partial charge in [0.15, 0.2) is 23.1 Å². The van der Waals surface area contributed by atoms with E-state index in [0.717, 1.165) is 6.07 Å². The molecule has 0 saturated heterocycles. The number of methoxy groups -OCH3 is 3. The molecule has 0 amide bonds. The fourth-order valence-corrected chi connectivity index (χ4v) is 3.78. The molecule has 33 heavy (non-hydrogen) atoms. The van der Waals surface area contributed by atoms with E-state index in [4.69, 9.17) is 14.2 Å². The van der Waals surface area contributed by atoms with E-state index < -0.39 is 17.2 Å². The molecule has 1 heterocycles. The van der Waals surface area contributed by atoms with Gasteiger partial charge in [0, 0.05) is 12.6 Å². The van der Waals surface area contributed by atoms with Crippen LogP contribution in [0, 0.1) is 17.6 Å². The fourth-order valence-electron chi connectivity index (χ4n) is 3.78.